The molecule has 1 fully saturated rings. The van der Waals surface area contributed by atoms with Gasteiger partial charge in [0.2, 0.25) is 5.91 Å². The number of carbonyl (C=O) groups excluding carboxylic acids is 2. The maximum absolute atomic E-state index is 13.1. The van der Waals surface area contributed by atoms with Gasteiger partial charge in [-0.1, -0.05) is 19.1 Å². The SMILES string of the molecule is CN1C(=O)CN2c3c1cccc3C1(C)CN(CCCC(=O)c3ccc(F)cc3)CCC21. The lowest BCUT2D eigenvalue weighted by atomic mass is 9.74. The molecule has 0 spiro atoms. The molecule has 2 aromatic carbocycles. The quantitative estimate of drug-likeness (QED) is 0.692. The van der Waals surface area contributed by atoms with Gasteiger partial charge in [0.05, 0.1) is 17.9 Å². The third-order valence-electron chi connectivity index (χ3n) is 7.39. The summed E-state index contributed by atoms with van der Waals surface area (Å²) in [5.74, 6) is -0.107. The van der Waals surface area contributed by atoms with Gasteiger partial charge < -0.3 is 14.7 Å². The third kappa shape index (κ3) is 3.24. The Hall–Kier alpha value is -2.73. The second kappa shape index (κ2) is 7.45. The zero-order valence-electron chi connectivity index (χ0n) is 18.1. The van der Waals surface area contributed by atoms with E-state index in [-0.39, 0.29) is 22.9 Å². The number of rotatable bonds is 5. The van der Waals surface area contributed by atoms with Gasteiger partial charge in [-0.25, -0.2) is 4.39 Å². The minimum atomic E-state index is -0.321. The summed E-state index contributed by atoms with van der Waals surface area (Å²) in [5, 5.41) is 0. The highest BCUT2D eigenvalue weighted by Gasteiger charge is 2.53. The van der Waals surface area contributed by atoms with Gasteiger partial charge in [-0.2, -0.15) is 0 Å². The van der Waals surface area contributed by atoms with Crippen molar-refractivity contribution >= 4 is 23.1 Å². The Labute approximate surface area is 182 Å². The summed E-state index contributed by atoms with van der Waals surface area (Å²) in [6.45, 7) is 5.53. The Balaban J connectivity index is 1.28. The normalized spacial score (nSPS) is 24.9. The number of piperidine rings is 1. The fraction of sp³-hybridized carbons (Fsp3) is 0.440. The Kier molecular flexibility index (Phi) is 4.85. The van der Waals surface area contributed by atoms with Crippen molar-refractivity contribution in [3.8, 4) is 0 Å². The number of benzene rings is 2. The number of amides is 1. The van der Waals surface area contributed by atoms with Crippen LogP contribution in [0, 0.1) is 5.82 Å². The number of Topliss-reactive ketones (excluding diaryl/α,β-unsaturated/α-hetero) is 1. The minimum Gasteiger partial charge on any atom is -0.356 e. The Morgan fingerprint density at radius 3 is 2.74 bits per heavy atom. The molecule has 0 aliphatic carbocycles. The fourth-order valence-electron chi connectivity index (χ4n) is 5.77. The van der Waals surface area contributed by atoms with E-state index in [1.807, 2.05) is 13.1 Å². The predicted octanol–water partition coefficient (Wildman–Crippen LogP) is 3.62. The van der Waals surface area contributed by atoms with Crippen LogP contribution in [0.5, 0.6) is 0 Å². The van der Waals surface area contributed by atoms with Crippen LogP contribution < -0.4 is 9.80 Å². The lowest BCUT2D eigenvalue weighted by Gasteiger charge is -2.46. The maximum Gasteiger partial charge on any atom is 0.246 e. The monoisotopic (exact) mass is 421 g/mol. The molecule has 3 aliphatic heterocycles. The summed E-state index contributed by atoms with van der Waals surface area (Å²) >= 11 is 0. The largest absolute Gasteiger partial charge is 0.356 e. The zero-order chi connectivity index (χ0) is 21.8. The summed E-state index contributed by atoms with van der Waals surface area (Å²) in [5.41, 5.74) is 4.12. The average molecular weight is 422 g/mol. The molecule has 3 heterocycles. The molecule has 0 radical (unpaired) electrons. The molecule has 6 heteroatoms. The van der Waals surface area contributed by atoms with Crippen LogP contribution in [0.3, 0.4) is 0 Å². The maximum atomic E-state index is 13.1. The van der Waals surface area contributed by atoms with Gasteiger partial charge in [-0.15, -0.1) is 0 Å². The zero-order valence-corrected chi connectivity index (χ0v) is 18.1. The van der Waals surface area contributed by atoms with E-state index in [0.717, 1.165) is 38.2 Å². The number of para-hydroxylation sites is 1. The van der Waals surface area contributed by atoms with Crippen molar-refractivity contribution < 1.29 is 14.0 Å². The minimum absolute atomic E-state index is 0.0317. The van der Waals surface area contributed by atoms with E-state index < -0.39 is 0 Å². The molecule has 1 amide bonds. The molecular weight excluding hydrogens is 393 g/mol. The summed E-state index contributed by atoms with van der Waals surface area (Å²) in [4.78, 5) is 31.5. The third-order valence-corrected chi connectivity index (χ3v) is 7.39. The molecule has 0 N–H and O–H groups in total. The number of ketones is 1. The highest BCUT2D eigenvalue weighted by Crippen LogP contribution is 2.53. The van der Waals surface area contributed by atoms with E-state index >= 15 is 0 Å². The van der Waals surface area contributed by atoms with Crippen LogP contribution in [0.2, 0.25) is 0 Å². The predicted molar refractivity (Wildman–Crippen MR) is 119 cm³/mol. The van der Waals surface area contributed by atoms with Crippen LogP contribution in [0.25, 0.3) is 0 Å². The van der Waals surface area contributed by atoms with Crippen LogP contribution in [0.15, 0.2) is 42.5 Å². The molecule has 0 aromatic heterocycles. The molecule has 5 nitrogen and oxygen atoms in total. The Morgan fingerprint density at radius 2 is 1.97 bits per heavy atom. The summed E-state index contributed by atoms with van der Waals surface area (Å²) in [7, 11) is 1.87. The number of likely N-dealkylation sites (N-methyl/N-ethyl adjacent to an activating group) is 1. The standard InChI is InChI=1S/C25H28FN3O2/c1-25-16-28(13-4-7-21(30)17-8-10-18(26)11-9-17)14-12-22(25)29-15-23(31)27(2)20-6-3-5-19(25)24(20)29/h3,5-6,8-11,22H,4,7,12-16H2,1-2H3. The lowest BCUT2D eigenvalue weighted by molar-refractivity contribution is -0.117. The van der Waals surface area contributed by atoms with Crippen molar-refractivity contribution in [1.29, 1.82) is 0 Å². The Morgan fingerprint density at radius 1 is 1.19 bits per heavy atom. The van der Waals surface area contributed by atoms with Gasteiger partial charge in [-0.3, -0.25) is 9.59 Å². The average Bonchev–Trinajstić information content (AvgIpc) is 3.01. The molecule has 31 heavy (non-hydrogen) atoms. The number of hydrogen-bond donors (Lipinski definition) is 0. The van der Waals surface area contributed by atoms with Crippen molar-refractivity contribution in [2.24, 2.45) is 0 Å². The van der Waals surface area contributed by atoms with Crippen LogP contribution >= 0.6 is 0 Å². The first kappa shape index (κ1) is 20.2. The van der Waals surface area contributed by atoms with Crippen LogP contribution in [-0.2, 0) is 10.2 Å². The fourth-order valence-corrected chi connectivity index (χ4v) is 5.77. The molecule has 1 saturated heterocycles. The van der Waals surface area contributed by atoms with Crippen LogP contribution in [0.1, 0.15) is 42.1 Å². The number of carbonyl (C=O) groups is 2. The van der Waals surface area contributed by atoms with E-state index in [9.17, 15) is 14.0 Å². The lowest BCUT2D eigenvalue weighted by Crippen LogP contribution is -2.57. The molecule has 0 bridgehead atoms. The summed E-state index contributed by atoms with van der Waals surface area (Å²) in [6, 6.07) is 12.5. The topological polar surface area (TPSA) is 43.9 Å². The van der Waals surface area contributed by atoms with Crippen molar-refractivity contribution in [3.05, 3.63) is 59.4 Å². The first-order valence-corrected chi connectivity index (χ1v) is 11.1. The van der Waals surface area contributed by atoms with Gasteiger partial charge in [0.1, 0.15) is 5.82 Å². The number of nitrogens with zero attached hydrogens (tertiary/aromatic N) is 3. The molecule has 3 aliphatic rings. The van der Waals surface area contributed by atoms with Gasteiger partial charge in [0.25, 0.3) is 0 Å². The molecule has 2 atom stereocenters. The molecule has 2 aromatic rings. The highest BCUT2D eigenvalue weighted by atomic mass is 19.1. The second-order valence-electron chi connectivity index (χ2n) is 9.29. The molecule has 162 valence electrons. The van der Waals surface area contributed by atoms with Crippen molar-refractivity contribution in [1.82, 2.24) is 4.90 Å². The number of anilines is 2. The van der Waals surface area contributed by atoms with E-state index in [0.29, 0.717) is 24.6 Å². The summed E-state index contributed by atoms with van der Waals surface area (Å²) < 4.78 is 13.1. The van der Waals surface area contributed by atoms with Gasteiger partial charge >= 0.3 is 0 Å². The molecule has 5 rings (SSSR count). The first-order valence-electron chi connectivity index (χ1n) is 11.1. The number of likely N-dealkylation sites (tertiary alicyclic amines) is 1. The number of fused-ring (bicyclic) bond motifs is 3. The van der Waals surface area contributed by atoms with E-state index in [2.05, 4.69) is 28.9 Å². The number of halogens is 1. The van der Waals surface area contributed by atoms with Gasteiger partial charge in [-0.05, 0) is 55.3 Å². The molecule has 0 saturated carbocycles. The van der Waals surface area contributed by atoms with E-state index in [1.54, 1.807) is 17.0 Å². The van der Waals surface area contributed by atoms with Crippen LogP contribution in [-0.4, -0.2) is 55.9 Å². The van der Waals surface area contributed by atoms with E-state index in [4.69, 9.17) is 0 Å². The molecule has 2 unspecified atom stereocenters. The van der Waals surface area contributed by atoms with Gasteiger partial charge in [0.15, 0.2) is 5.78 Å². The smallest absolute Gasteiger partial charge is 0.246 e. The first-order chi connectivity index (χ1) is 14.9. The Bertz CT molecular complexity index is 1040. The summed E-state index contributed by atoms with van der Waals surface area (Å²) in [6.07, 6.45) is 2.26. The second-order valence-corrected chi connectivity index (χ2v) is 9.29. The van der Waals surface area contributed by atoms with Crippen LogP contribution in [0.4, 0.5) is 15.8 Å². The van der Waals surface area contributed by atoms with E-state index in [1.165, 1.54) is 23.4 Å². The highest BCUT2D eigenvalue weighted by molar-refractivity contribution is 6.04. The molecular formula is C25H28FN3O2. The van der Waals surface area contributed by atoms with Crippen molar-refractivity contribution in [2.45, 2.75) is 37.6 Å². The van der Waals surface area contributed by atoms with Gasteiger partial charge in [0, 0.05) is 43.6 Å². The number of hydrogen-bond acceptors (Lipinski definition) is 4. The van der Waals surface area contributed by atoms with Crippen molar-refractivity contribution in [3.63, 3.8) is 0 Å². The van der Waals surface area contributed by atoms with Crippen molar-refractivity contribution in [2.75, 3.05) is 43.0 Å².